The van der Waals surface area contributed by atoms with Crippen LogP contribution in [0, 0.1) is 0 Å². The van der Waals surface area contributed by atoms with E-state index in [1.165, 1.54) is 5.56 Å². The average Bonchev–Trinajstić information content (AvgIpc) is 3.45. The number of urea groups is 1. The Hall–Kier alpha value is -2.37. The summed E-state index contributed by atoms with van der Waals surface area (Å²) >= 11 is 0. The predicted octanol–water partition coefficient (Wildman–Crippen LogP) is 3.02. The van der Waals surface area contributed by atoms with E-state index in [0.717, 1.165) is 23.3 Å². The highest BCUT2D eigenvalue weighted by molar-refractivity contribution is 6.08. The highest BCUT2D eigenvalue weighted by Crippen LogP contribution is 2.29. The normalized spacial score (nSPS) is 22.3. The third-order valence-corrected chi connectivity index (χ3v) is 5.65. The fraction of sp³-hybridized carbons (Fsp3) is 0.571. The molecule has 6 nitrogen and oxygen atoms in total. The summed E-state index contributed by atoms with van der Waals surface area (Å²) in [6, 6.07) is 8.04. The molecule has 1 aromatic carbocycles. The monoisotopic (exact) mass is 371 g/mol. The maximum absolute atomic E-state index is 12.9. The van der Waals surface area contributed by atoms with Gasteiger partial charge >= 0.3 is 6.03 Å². The van der Waals surface area contributed by atoms with Gasteiger partial charge in [-0.3, -0.25) is 14.5 Å². The Morgan fingerprint density at radius 1 is 1.26 bits per heavy atom. The zero-order chi connectivity index (χ0) is 19.8. The quantitative estimate of drug-likeness (QED) is 0.749. The van der Waals surface area contributed by atoms with Gasteiger partial charge in [-0.2, -0.15) is 0 Å². The first-order chi connectivity index (χ1) is 12.7. The first-order valence-electron chi connectivity index (χ1n) is 9.77. The van der Waals surface area contributed by atoms with Crippen molar-refractivity contribution in [1.82, 2.24) is 15.1 Å². The van der Waals surface area contributed by atoms with Gasteiger partial charge in [0.1, 0.15) is 12.1 Å². The molecule has 1 aliphatic carbocycles. The third kappa shape index (κ3) is 3.99. The number of nitrogens with one attached hydrogen (secondary N) is 1. The lowest BCUT2D eigenvalue weighted by molar-refractivity contribution is -0.139. The predicted molar refractivity (Wildman–Crippen MR) is 103 cm³/mol. The van der Waals surface area contributed by atoms with E-state index in [1.807, 2.05) is 11.8 Å². The van der Waals surface area contributed by atoms with Crippen LogP contribution in [-0.4, -0.2) is 45.8 Å². The molecule has 0 spiro atoms. The van der Waals surface area contributed by atoms with E-state index in [-0.39, 0.29) is 24.4 Å². The standard InChI is InChI=1S/C21H29N3O3/c1-5-21(4)19(26)24(20(27)22-21)13-18(25)23(17-10-11-17)12-15-6-8-16(9-7-15)14(2)3/h6-9,14,17H,5,10-13H2,1-4H3,(H,22,27). The Morgan fingerprint density at radius 2 is 1.89 bits per heavy atom. The van der Waals surface area contributed by atoms with Crippen LogP contribution in [0.3, 0.4) is 0 Å². The Morgan fingerprint density at radius 3 is 2.37 bits per heavy atom. The molecule has 1 aromatic rings. The number of hydrogen-bond acceptors (Lipinski definition) is 3. The van der Waals surface area contributed by atoms with Gasteiger partial charge in [-0.1, -0.05) is 45.0 Å². The summed E-state index contributed by atoms with van der Waals surface area (Å²) in [4.78, 5) is 40.5. The first kappa shape index (κ1) is 19.4. The molecule has 3 rings (SSSR count). The molecule has 27 heavy (non-hydrogen) atoms. The first-order valence-corrected chi connectivity index (χ1v) is 9.77. The zero-order valence-corrected chi connectivity index (χ0v) is 16.6. The van der Waals surface area contributed by atoms with Crippen molar-refractivity contribution >= 4 is 17.8 Å². The average molecular weight is 371 g/mol. The summed E-state index contributed by atoms with van der Waals surface area (Å²) in [5, 5.41) is 2.70. The zero-order valence-electron chi connectivity index (χ0n) is 16.6. The summed E-state index contributed by atoms with van der Waals surface area (Å²) in [5.74, 6) is -0.0255. The van der Waals surface area contributed by atoms with Gasteiger partial charge in [-0.15, -0.1) is 0 Å². The largest absolute Gasteiger partial charge is 0.334 e. The third-order valence-electron chi connectivity index (χ3n) is 5.65. The van der Waals surface area contributed by atoms with Gasteiger partial charge in [0.15, 0.2) is 0 Å². The van der Waals surface area contributed by atoms with Crippen LogP contribution in [0.1, 0.15) is 64.0 Å². The van der Waals surface area contributed by atoms with Crippen LogP contribution in [0.25, 0.3) is 0 Å². The molecule has 0 radical (unpaired) electrons. The smallest absolute Gasteiger partial charge is 0.325 e. The second kappa shape index (κ2) is 7.33. The van der Waals surface area contributed by atoms with Crippen molar-refractivity contribution in [2.45, 2.75) is 71.0 Å². The molecule has 1 aliphatic heterocycles. The van der Waals surface area contributed by atoms with Crippen LogP contribution in [0.2, 0.25) is 0 Å². The minimum atomic E-state index is -0.908. The number of carbonyl (C=O) groups excluding carboxylic acids is 3. The minimum absolute atomic E-state index is 0.172. The number of nitrogens with zero attached hydrogens (tertiary/aromatic N) is 2. The van der Waals surface area contributed by atoms with Crippen molar-refractivity contribution in [2.75, 3.05) is 6.54 Å². The fourth-order valence-electron chi connectivity index (χ4n) is 3.37. The summed E-state index contributed by atoms with van der Waals surface area (Å²) in [7, 11) is 0. The molecule has 4 amide bonds. The Bertz CT molecular complexity index is 740. The van der Waals surface area contributed by atoms with Crippen molar-refractivity contribution in [2.24, 2.45) is 0 Å². The van der Waals surface area contributed by atoms with E-state index in [0.29, 0.717) is 18.9 Å². The molecule has 6 heteroatoms. The second-order valence-electron chi connectivity index (χ2n) is 8.16. The van der Waals surface area contributed by atoms with Crippen LogP contribution in [0.5, 0.6) is 0 Å². The van der Waals surface area contributed by atoms with Crippen LogP contribution in [-0.2, 0) is 16.1 Å². The SMILES string of the molecule is CCC1(C)NC(=O)N(CC(=O)N(Cc2ccc(C(C)C)cc2)C2CC2)C1=O. The molecule has 0 aromatic heterocycles. The molecule has 1 atom stereocenters. The van der Waals surface area contributed by atoms with Gasteiger partial charge < -0.3 is 10.2 Å². The molecule has 146 valence electrons. The van der Waals surface area contributed by atoms with E-state index in [2.05, 4.69) is 43.4 Å². The van der Waals surface area contributed by atoms with Crippen LogP contribution in [0.15, 0.2) is 24.3 Å². The van der Waals surface area contributed by atoms with E-state index in [1.54, 1.807) is 6.92 Å². The highest BCUT2D eigenvalue weighted by atomic mass is 16.2. The van der Waals surface area contributed by atoms with Crippen molar-refractivity contribution in [3.8, 4) is 0 Å². The van der Waals surface area contributed by atoms with Crippen molar-refractivity contribution in [3.05, 3.63) is 35.4 Å². The number of imide groups is 1. The molecule has 0 bridgehead atoms. The van der Waals surface area contributed by atoms with Crippen LogP contribution >= 0.6 is 0 Å². The number of amides is 4. The van der Waals surface area contributed by atoms with Crippen LogP contribution in [0.4, 0.5) is 4.79 Å². The fourth-order valence-corrected chi connectivity index (χ4v) is 3.37. The molecular formula is C21H29N3O3. The molecule has 1 saturated heterocycles. The number of rotatable bonds is 7. The van der Waals surface area contributed by atoms with Gasteiger partial charge in [0, 0.05) is 12.6 Å². The Balaban J connectivity index is 1.69. The molecule has 1 unspecified atom stereocenters. The summed E-state index contributed by atoms with van der Waals surface area (Å²) < 4.78 is 0. The van der Waals surface area contributed by atoms with Gasteiger partial charge in [-0.25, -0.2) is 4.79 Å². The Labute approximate surface area is 160 Å². The molecule has 1 saturated carbocycles. The summed E-state index contributed by atoms with van der Waals surface area (Å²) in [5.41, 5.74) is 1.42. The lowest BCUT2D eigenvalue weighted by Crippen LogP contribution is -2.45. The lowest BCUT2D eigenvalue weighted by atomic mass is 9.99. The summed E-state index contributed by atoms with van der Waals surface area (Å²) in [6.45, 7) is 8.17. The van der Waals surface area contributed by atoms with Crippen molar-refractivity contribution < 1.29 is 14.4 Å². The van der Waals surface area contributed by atoms with Gasteiger partial charge in [-0.05, 0) is 43.2 Å². The summed E-state index contributed by atoms with van der Waals surface area (Å²) in [6.07, 6.45) is 2.45. The Kier molecular flexibility index (Phi) is 5.27. The minimum Gasteiger partial charge on any atom is -0.334 e. The molecule has 2 fully saturated rings. The van der Waals surface area contributed by atoms with Crippen molar-refractivity contribution in [1.29, 1.82) is 0 Å². The van der Waals surface area contributed by atoms with E-state index in [4.69, 9.17) is 0 Å². The van der Waals surface area contributed by atoms with E-state index >= 15 is 0 Å². The number of benzene rings is 1. The van der Waals surface area contributed by atoms with E-state index < -0.39 is 11.6 Å². The van der Waals surface area contributed by atoms with Gasteiger partial charge in [0.25, 0.3) is 5.91 Å². The number of hydrogen-bond donors (Lipinski definition) is 1. The highest BCUT2D eigenvalue weighted by Gasteiger charge is 2.47. The maximum Gasteiger partial charge on any atom is 0.325 e. The second-order valence-corrected chi connectivity index (χ2v) is 8.16. The lowest BCUT2D eigenvalue weighted by Gasteiger charge is -2.25. The molecule has 1 heterocycles. The van der Waals surface area contributed by atoms with E-state index in [9.17, 15) is 14.4 Å². The van der Waals surface area contributed by atoms with Gasteiger partial charge in [0.05, 0.1) is 0 Å². The van der Waals surface area contributed by atoms with Crippen molar-refractivity contribution in [3.63, 3.8) is 0 Å². The maximum atomic E-state index is 12.9. The number of carbonyl (C=O) groups is 3. The van der Waals surface area contributed by atoms with Gasteiger partial charge in [0.2, 0.25) is 5.91 Å². The molecular weight excluding hydrogens is 342 g/mol. The molecule has 2 aliphatic rings. The van der Waals surface area contributed by atoms with Crippen LogP contribution < -0.4 is 5.32 Å². The topological polar surface area (TPSA) is 69.7 Å². The molecule has 1 N–H and O–H groups in total.